The van der Waals surface area contributed by atoms with Gasteiger partial charge in [-0.25, -0.2) is 4.79 Å². The van der Waals surface area contributed by atoms with Crippen LogP contribution in [0.5, 0.6) is 0 Å². The maximum atomic E-state index is 13.2. The molecule has 5 rings (SSSR count). The zero-order valence-corrected chi connectivity index (χ0v) is 18.1. The van der Waals surface area contributed by atoms with Gasteiger partial charge in [0.25, 0.3) is 0 Å². The third kappa shape index (κ3) is 3.00. The molecular formula is C25H25N5O. The van der Waals surface area contributed by atoms with Crippen LogP contribution in [0.3, 0.4) is 0 Å². The van der Waals surface area contributed by atoms with Crippen molar-refractivity contribution in [1.29, 1.82) is 5.26 Å². The lowest BCUT2D eigenvalue weighted by molar-refractivity contribution is 0.686. The van der Waals surface area contributed by atoms with Crippen LogP contribution in [-0.4, -0.2) is 27.2 Å². The Hall–Kier alpha value is -3.59. The fourth-order valence-corrected chi connectivity index (χ4v) is 4.49. The Kier molecular flexibility index (Phi) is 4.37. The Morgan fingerprint density at radius 1 is 1.03 bits per heavy atom. The van der Waals surface area contributed by atoms with Crippen molar-refractivity contribution in [3.8, 4) is 11.8 Å². The van der Waals surface area contributed by atoms with E-state index < -0.39 is 5.41 Å². The molecule has 0 atom stereocenters. The van der Waals surface area contributed by atoms with E-state index in [4.69, 9.17) is 0 Å². The summed E-state index contributed by atoms with van der Waals surface area (Å²) in [6.45, 7) is 5.91. The number of anilines is 1. The molecule has 4 aromatic rings. The van der Waals surface area contributed by atoms with Gasteiger partial charge in [-0.05, 0) is 62.6 Å². The van der Waals surface area contributed by atoms with E-state index in [1.165, 1.54) is 18.5 Å². The number of fused-ring (bicyclic) bond motifs is 3. The molecule has 1 aliphatic rings. The summed E-state index contributed by atoms with van der Waals surface area (Å²) in [4.78, 5) is 20.3. The molecule has 0 bridgehead atoms. The summed E-state index contributed by atoms with van der Waals surface area (Å²) in [5.74, 6) is 0. The van der Waals surface area contributed by atoms with Crippen molar-refractivity contribution in [1.82, 2.24) is 14.1 Å². The van der Waals surface area contributed by atoms with Crippen LogP contribution in [0.15, 0.2) is 53.5 Å². The number of hydrogen-bond donors (Lipinski definition) is 0. The molecule has 0 amide bonds. The molecule has 0 radical (unpaired) electrons. The molecular weight excluding hydrogens is 386 g/mol. The summed E-state index contributed by atoms with van der Waals surface area (Å²) in [7, 11) is 1.78. The van der Waals surface area contributed by atoms with Gasteiger partial charge < -0.3 is 4.90 Å². The van der Waals surface area contributed by atoms with Gasteiger partial charge in [-0.1, -0.05) is 12.1 Å². The highest BCUT2D eigenvalue weighted by Crippen LogP contribution is 2.31. The van der Waals surface area contributed by atoms with Gasteiger partial charge in [0.1, 0.15) is 0 Å². The molecule has 0 saturated carbocycles. The summed E-state index contributed by atoms with van der Waals surface area (Å²) in [6.07, 6.45) is 4.20. The smallest absolute Gasteiger partial charge is 0.333 e. The second-order valence-corrected chi connectivity index (χ2v) is 8.85. The van der Waals surface area contributed by atoms with E-state index in [9.17, 15) is 10.1 Å². The first-order valence-corrected chi connectivity index (χ1v) is 10.7. The van der Waals surface area contributed by atoms with Gasteiger partial charge in [-0.3, -0.25) is 14.1 Å². The van der Waals surface area contributed by atoms with Crippen LogP contribution < -0.4 is 10.6 Å². The van der Waals surface area contributed by atoms with Gasteiger partial charge in [0.15, 0.2) is 0 Å². The van der Waals surface area contributed by atoms with Gasteiger partial charge in [0.05, 0.1) is 39.9 Å². The lowest BCUT2D eigenvalue weighted by atomic mass is 9.86. The van der Waals surface area contributed by atoms with Crippen molar-refractivity contribution in [2.24, 2.45) is 7.05 Å². The molecule has 3 heterocycles. The van der Waals surface area contributed by atoms with E-state index in [1.54, 1.807) is 22.4 Å². The Bertz CT molecular complexity index is 1400. The molecule has 1 aliphatic heterocycles. The van der Waals surface area contributed by atoms with E-state index in [2.05, 4.69) is 28.1 Å². The Labute approximate surface area is 181 Å². The summed E-state index contributed by atoms with van der Waals surface area (Å²) < 4.78 is 3.41. The van der Waals surface area contributed by atoms with Crippen LogP contribution >= 0.6 is 0 Å². The first kappa shape index (κ1) is 19.4. The minimum absolute atomic E-state index is 0.108. The van der Waals surface area contributed by atoms with Crippen molar-refractivity contribution in [2.45, 2.75) is 32.1 Å². The highest BCUT2D eigenvalue weighted by Gasteiger charge is 2.21. The molecule has 6 nitrogen and oxygen atoms in total. The van der Waals surface area contributed by atoms with Crippen LogP contribution in [0.25, 0.3) is 27.6 Å². The summed E-state index contributed by atoms with van der Waals surface area (Å²) in [6, 6.07) is 16.4. The molecule has 2 aromatic carbocycles. The van der Waals surface area contributed by atoms with E-state index in [-0.39, 0.29) is 5.69 Å². The fraction of sp³-hybridized carbons (Fsp3) is 0.320. The van der Waals surface area contributed by atoms with Crippen LogP contribution in [0.2, 0.25) is 0 Å². The molecule has 31 heavy (non-hydrogen) atoms. The Morgan fingerprint density at radius 3 is 2.39 bits per heavy atom. The number of nitriles is 1. The van der Waals surface area contributed by atoms with Crippen molar-refractivity contribution in [3.63, 3.8) is 0 Å². The monoisotopic (exact) mass is 411 g/mol. The van der Waals surface area contributed by atoms with Crippen LogP contribution in [-0.2, 0) is 12.5 Å². The normalized spacial score (nSPS) is 14.5. The van der Waals surface area contributed by atoms with Gasteiger partial charge in [-0.2, -0.15) is 5.26 Å². The third-order valence-corrected chi connectivity index (χ3v) is 6.46. The third-order valence-electron chi connectivity index (χ3n) is 6.46. The van der Waals surface area contributed by atoms with E-state index in [0.717, 1.165) is 46.3 Å². The SMILES string of the molecule is Cn1c(=O)n(-c2ccc(C(C)(C)C#N)cc2)c2c3cc(N4CCCC4)ccc3ncc21. The quantitative estimate of drug-likeness (QED) is 0.505. The second kappa shape index (κ2) is 6.98. The van der Waals surface area contributed by atoms with Crippen molar-refractivity contribution < 1.29 is 0 Å². The highest BCUT2D eigenvalue weighted by molar-refractivity contribution is 6.04. The van der Waals surface area contributed by atoms with Crippen molar-refractivity contribution in [2.75, 3.05) is 18.0 Å². The molecule has 0 aliphatic carbocycles. The molecule has 156 valence electrons. The van der Waals surface area contributed by atoms with Crippen LogP contribution in [0.1, 0.15) is 32.3 Å². The molecule has 0 N–H and O–H groups in total. The van der Waals surface area contributed by atoms with Gasteiger partial charge in [0.2, 0.25) is 0 Å². The molecule has 6 heteroatoms. The number of imidazole rings is 1. The number of rotatable bonds is 3. The lowest BCUT2D eigenvalue weighted by Gasteiger charge is -2.18. The largest absolute Gasteiger partial charge is 0.372 e. The van der Waals surface area contributed by atoms with Crippen LogP contribution in [0, 0.1) is 11.3 Å². The zero-order valence-electron chi connectivity index (χ0n) is 18.1. The second-order valence-electron chi connectivity index (χ2n) is 8.85. The van der Waals surface area contributed by atoms with Gasteiger partial charge in [-0.15, -0.1) is 0 Å². The summed E-state index contributed by atoms with van der Waals surface area (Å²) in [5, 5.41) is 10.4. The summed E-state index contributed by atoms with van der Waals surface area (Å²) in [5.41, 5.74) is 4.74. The molecule has 2 aromatic heterocycles. The molecule has 0 unspecified atom stereocenters. The standard InChI is InChI=1S/C25H25N5O/c1-25(2,16-26)17-6-8-18(9-7-17)30-23-20-14-19(29-12-4-5-13-29)10-11-21(20)27-15-22(23)28(3)24(30)31/h6-11,14-15H,4-5,12-13H2,1-3H3. The van der Waals surface area contributed by atoms with Gasteiger partial charge >= 0.3 is 5.69 Å². The van der Waals surface area contributed by atoms with Crippen molar-refractivity contribution >= 4 is 27.6 Å². The predicted molar refractivity (Wildman–Crippen MR) is 124 cm³/mol. The average Bonchev–Trinajstić information content (AvgIpc) is 3.41. The fourth-order valence-electron chi connectivity index (χ4n) is 4.49. The van der Waals surface area contributed by atoms with E-state index in [0.29, 0.717) is 0 Å². The minimum atomic E-state index is -0.580. The molecule has 1 saturated heterocycles. The number of pyridine rings is 1. The number of hydrogen-bond acceptors (Lipinski definition) is 4. The Morgan fingerprint density at radius 2 is 1.71 bits per heavy atom. The topological polar surface area (TPSA) is 66.8 Å². The first-order chi connectivity index (χ1) is 14.9. The average molecular weight is 412 g/mol. The minimum Gasteiger partial charge on any atom is -0.372 e. The zero-order chi connectivity index (χ0) is 21.8. The Balaban J connectivity index is 1.76. The van der Waals surface area contributed by atoms with E-state index in [1.807, 2.05) is 44.2 Å². The number of nitrogens with zero attached hydrogens (tertiary/aromatic N) is 5. The van der Waals surface area contributed by atoms with E-state index >= 15 is 0 Å². The van der Waals surface area contributed by atoms with Crippen molar-refractivity contribution in [3.05, 3.63) is 64.7 Å². The lowest BCUT2D eigenvalue weighted by Crippen LogP contribution is -2.21. The maximum absolute atomic E-state index is 13.2. The highest BCUT2D eigenvalue weighted by atomic mass is 16.1. The first-order valence-electron chi connectivity index (χ1n) is 10.7. The predicted octanol–water partition coefficient (Wildman–Crippen LogP) is 4.28. The summed E-state index contributed by atoms with van der Waals surface area (Å²) >= 11 is 0. The van der Waals surface area contributed by atoms with Gasteiger partial charge in [0, 0.05) is 31.2 Å². The molecule has 1 fully saturated rings. The maximum Gasteiger partial charge on any atom is 0.333 e. The molecule has 0 spiro atoms. The number of aromatic nitrogens is 3. The van der Waals surface area contributed by atoms with Crippen LogP contribution in [0.4, 0.5) is 5.69 Å². The number of benzene rings is 2. The number of aryl methyl sites for hydroxylation is 1.